The van der Waals surface area contributed by atoms with Crippen molar-refractivity contribution in [2.45, 2.75) is 20.0 Å². The maximum Gasteiger partial charge on any atom is 0.338 e. The Morgan fingerprint density at radius 3 is 2.30 bits per heavy atom. The van der Waals surface area contributed by atoms with Gasteiger partial charge in [-0.25, -0.2) is 4.79 Å². The number of rotatable bonds is 4. The summed E-state index contributed by atoms with van der Waals surface area (Å²) in [6.45, 7) is 3.68. The van der Waals surface area contributed by atoms with Crippen LogP contribution in [-0.4, -0.2) is 12.1 Å². The molecule has 1 heterocycles. The minimum absolute atomic E-state index is 0.131. The van der Waals surface area contributed by atoms with Crippen LogP contribution >= 0.6 is 0 Å². The average molecular weight is 306 g/mol. The second-order valence-electron chi connectivity index (χ2n) is 5.59. The first-order valence-corrected chi connectivity index (χ1v) is 7.59. The third kappa shape index (κ3) is 3.51. The molecule has 0 saturated carbocycles. The zero-order valence-corrected chi connectivity index (χ0v) is 13.2. The predicted octanol–water partition coefficient (Wildman–Crippen LogP) is 5.18. The number of ether oxygens (including phenoxy) is 1. The van der Waals surface area contributed by atoms with E-state index >= 15 is 0 Å². The minimum atomic E-state index is -0.302. The molecule has 0 spiro atoms. The van der Waals surface area contributed by atoms with Crippen molar-refractivity contribution in [2.75, 3.05) is 0 Å². The number of carbonyl (C=O) groups is 1. The first-order valence-electron chi connectivity index (χ1n) is 7.59. The van der Waals surface area contributed by atoms with E-state index in [1.165, 1.54) is 0 Å². The number of hydrogen-bond acceptors (Lipinski definition) is 3. The molecule has 3 aromatic rings. The van der Waals surface area contributed by atoms with Crippen molar-refractivity contribution in [3.05, 3.63) is 72.5 Å². The molecule has 116 valence electrons. The molecule has 0 aliphatic carbocycles. The third-order valence-electron chi connectivity index (χ3n) is 3.44. The maximum atomic E-state index is 12.1. The van der Waals surface area contributed by atoms with Gasteiger partial charge in [0.2, 0.25) is 0 Å². The molecule has 2 aromatic carbocycles. The standard InChI is InChI=1S/C20H18O3/c1-14(2)23-20(21)18-9-4-7-16(13-18)15-6-3-8-17(12-15)19-10-5-11-22-19/h3-14H,1-2H3. The summed E-state index contributed by atoms with van der Waals surface area (Å²) in [6.07, 6.45) is 1.53. The van der Waals surface area contributed by atoms with Crippen molar-refractivity contribution in [2.24, 2.45) is 0 Å². The second-order valence-corrected chi connectivity index (χ2v) is 5.59. The van der Waals surface area contributed by atoms with Gasteiger partial charge in [-0.2, -0.15) is 0 Å². The van der Waals surface area contributed by atoms with E-state index in [1.807, 2.05) is 68.4 Å². The molecule has 0 N–H and O–H groups in total. The SMILES string of the molecule is CC(C)OC(=O)c1cccc(-c2cccc(-c3ccco3)c2)c1. The number of furan rings is 1. The molecular weight excluding hydrogens is 288 g/mol. The molecule has 0 aliphatic rings. The molecule has 0 fully saturated rings. The lowest BCUT2D eigenvalue weighted by molar-refractivity contribution is 0.0378. The van der Waals surface area contributed by atoms with Gasteiger partial charge in [0.15, 0.2) is 0 Å². The van der Waals surface area contributed by atoms with E-state index in [1.54, 1.807) is 12.3 Å². The number of hydrogen-bond donors (Lipinski definition) is 0. The van der Waals surface area contributed by atoms with Crippen LogP contribution in [0.3, 0.4) is 0 Å². The van der Waals surface area contributed by atoms with Crippen molar-refractivity contribution in [3.8, 4) is 22.5 Å². The summed E-state index contributed by atoms with van der Waals surface area (Å²) < 4.78 is 10.7. The van der Waals surface area contributed by atoms with Crippen molar-refractivity contribution in [1.29, 1.82) is 0 Å². The van der Waals surface area contributed by atoms with E-state index < -0.39 is 0 Å². The minimum Gasteiger partial charge on any atom is -0.464 e. The summed E-state index contributed by atoms with van der Waals surface area (Å²) in [7, 11) is 0. The van der Waals surface area contributed by atoms with Crippen LogP contribution in [0, 0.1) is 0 Å². The first-order chi connectivity index (χ1) is 11.1. The molecule has 0 radical (unpaired) electrons. The predicted molar refractivity (Wildman–Crippen MR) is 90.1 cm³/mol. The van der Waals surface area contributed by atoms with Crippen LogP contribution in [0.1, 0.15) is 24.2 Å². The molecule has 0 bridgehead atoms. The fourth-order valence-corrected chi connectivity index (χ4v) is 2.40. The van der Waals surface area contributed by atoms with Crippen LogP contribution in [0.25, 0.3) is 22.5 Å². The van der Waals surface area contributed by atoms with Gasteiger partial charge in [0.1, 0.15) is 5.76 Å². The normalized spacial score (nSPS) is 10.7. The number of benzene rings is 2. The lowest BCUT2D eigenvalue weighted by Crippen LogP contribution is -2.11. The lowest BCUT2D eigenvalue weighted by Gasteiger charge is -2.09. The summed E-state index contributed by atoms with van der Waals surface area (Å²) in [5, 5.41) is 0. The van der Waals surface area contributed by atoms with Gasteiger partial charge in [0.25, 0.3) is 0 Å². The van der Waals surface area contributed by atoms with Gasteiger partial charge in [-0.3, -0.25) is 0 Å². The Morgan fingerprint density at radius 1 is 0.913 bits per heavy atom. The first kappa shape index (κ1) is 15.1. The van der Waals surface area contributed by atoms with E-state index in [0.29, 0.717) is 5.56 Å². The summed E-state index contributed by atoms with van der Waals surface area (Å²) >= 11 is 0. The third-order valence-corrected chi connectivity index (χ3v) is 3.44. The zero-order chi connectivity index (χ0) is 16.2. The van der Waals surface area contributed by atoms with Crippen molar-refractivity contribution in [1.82, 2.24) is 0 Å². The molecule has 0 atom stereocenters. The van der Waals surface area contributed by atoms with E-state index in [9.17, 15) is 4.79 Å². The van der Waals surface area contributed by atoms with Crippen LogP contribution in [0.2, 0.25) is 0 Å². The highest BCUT2D eigenvalue weighted by molar-refractivity contribution is 5.91. The Labute approximate surface area is 135 Å². The maximum absolute atomic E-state index is 12.1. The Kier molecular flexibility index (Phi) is 4.29. The van der Waals surface area contributed by atoms with Gasteiger partial charge in [-0.15, -0.1) is 0 Å². The summed E-state index contributed by atoms with van der Waals surface area (Å²) in [5.41, 5.74) is 3.55. The van der Waals surface area contributed by atoms with Gasteiger partial charge >= 0.3 is 5.97 Å². The van der Waals surface area contributed by atoms with E-state index in [-0.39, 0.29) is 12.1 Å². The largest absolute Gasteiger partial charge is 0.464 e. The molecule has 0 saturated heterocycles. The molecule has 3 rings (SSSR count). The Hall–Kier alpha value is -2.81. The zero-order valence-electron chi connectivity index (χ0n) is 13.2. The van der Waals surface area contributed by atoms with Crippen LogP contribution in [0.5, 0.6) is 0 Å². The van der Waals surface area contributed by atoms with Crippen molar-refractivity contribution >= 4 is 5.97 Å². The fourth-order valence-electron chi connectivity index (χ4n) is 2.40. The smallest absolute Gasteiger partial charge is 0.338 e. The molecule has 3 heteroatoms. The highest BCUT2D eigenvalue weighted by Crippen LogP contribution is 2.27. The van der Waals surface area contributed by atoms with Gasteiger partial charge in [0.05, 0.1) is 17.9 Å². The van der Waals surface area contributed by atoms with Crippen LogP contribution in [0.4, 0.5) is 0 Å². The highest BCUT2D eigenvalue weighted by Gasteiger charge is 2.11. The van der Waals surface area contributed by atoms with Gasteiger partial charge < -0.3 is 9.15 Å². The monoisotopic (exact) mass is 306 g/mol. The molecule has 3 nitrogen and oxygen atoms in total. The van der Waals surface area contributed by atoms with Gasteiger partial charge in [0, 0.05) is 5.56 Å². The van der Waals surface area contributed by atoms with Gasteiger partial charge in [-0.1, -0.05) is 30.3 Å². The number of carbonyl (C=O) groups excluding carboxylic acids is 1. The lowest BCUT2D eigenvalue weighted by atomic mass is 10.0. The van der Waals surface area contributed by atoms with Crippen LogP contribution in [0.15, 0.2) is 71.3 Å². The Balaban J connectivity index is 1.93. The van der Waals surface area contributed by atoms with Crippen molar-refractivity contribution in [3.63, 3.8) is 0 Å². The topological polar surface area (TPSA) is 39.4 Å². The molecule has 0 amide bonds. The molecule has 1 aromatic heterocycles. The van der Waals surface area contributed by atoms with Gasteiger partial charge in [-0.05, 0) is 55.3 Å². The highest BCUT2D eigenvalue weighted by atomic mass is 16.5. The van der Waals surface area contributed by atoms with E-state index in [2.05, 4.69) is 0 Å². The van der Waals surface area contributed by atoms with Crippen LogP contribution in [-0.2, 0) is 4.74 Å². The fraction of sp³-hybridized carbons (Fsp3) is 0.150. The molecule has 23 heavy (non-hydrogen) atoms. The van der Waals surface area contributed by atoms with Crippen LogP contribution < -0.4 is 0 Å². The Morgan fingerprint density at radius 2 is 1.61 bits per heavy atom. The second kappa shape index (κ2) is 6.53. The Bertz CT molecular complexity index is 801. The number of esters is 1. The van der Waals surface area contributed by atoms with E-state index in [4.69, 9.17) is 9.15 Å². The molecular formula is C20H18O3. The summed E-state index contributed by atoms with van der Waals surface area (Å²) in [4.78, 5) is 12.1. The van der Waals surface area contributed by atoms with Crippen molar-refractivity contribution < 1.29 is 13.9 Å². The quantitative estimate of drug-likeness (QED) is 0.623. The molecule has 0 unspecified atom stereocenters. The van der Waals surface area contributed by atoms with E-state index in [0.717, 1.165) is 22.5 Å². The molecule has 0 aliphatic heterocycles. The summed E-state index contributed by atoms with van der Waals surface area (Å²) in [5.74, 6) is 0.520. The average Bonchev–Trinajstić information content (AvgIpc) is 3.09. The summed E-state index contributed by atoms with van der Waals surface area (Å²) in [6, 6.07) is 19.3.